The summed E-state index contributed by atoms with van der Waals surface area (Å²) in [6.45, 7) is 3.88. The average molecular weight is 301 g/mol. The minimum Gasteiger partial charge on any atom is -0.382 e. The molecule has 0 saturated heterocycles. The third-order valence-electron chi connectivity index (χ3n) is 3.29. The highest BCUT2D eigenvalue weighted by Crippen LogP contribution is 2.15. The standard InChI is InChI=1S/C17H23N3O2/c1-2-22-12-6-9-17(21)18-11-10-16-19-13-15(20-16)14-7-4-3-5-8-14/h3-5,7-8,13H,2,6,9-12H2,1H3,(H,18,21)(H,19,20). The van der Waals surface area contributed by atoms with Crippen molar-refractivity contribution in [3.63, 3.8) is 0 Å². The van der Waals surface area contributed by atoms with Crippen LogP contribution >= 0.6 is 0 Å². The molecule has 1 aromatic carbocycles. The van der Waals surface area contributed by atoms with Crippen LogP contribution in [0.4, 0.5) is 0 Å². The van der Waals surface area contributed by atoms with Gasteiger partial charge in [-0.25, -0.2) is 4.98 Å². The van der Waals surface area contributed by atoms with E-state index in [0.29, 0.717) is 32.6 Å². The van der Waals surface area contributed by atoms with Crippen molar-refractivity contribution in [2.45, 2.75) is 26.2 Å². The number of hydrogen-bond acceptors (Lipinski definition) is 3. The van der Waals surface area contributed by atoms with Gasteiger partial charge in [0.1, 0.15) is 5.82 Å². The fourth-order valence-electron chi connectivity index (χ4n) is 2.14. The molecule has 0 aliphatic rings. The molecule has 22 heavy (non-hydrogen) atoms. The van der Waals surface area contributed by atoms with E-state index < -0.39 is 0 Å². The quantitative estimate of drug-likeness (QED) is 0.699. The molecule has 5 heteroatoms. The number of nitrogens with one attached hydrogen (secondary N) is 2. The molecule has 0 atom stereocenters. The van der Waals surface area contributed by atoms with Gasteiger partial charge in [-0.05, 0) is 18.9 Å². The number of nitrogens with zero attached hydrogens (tertiary/aromatic N) is 1. The van der Waals surface area contributed by atoms with E-state index >= 15 is 0 Å². The number of benzene rings is 1. The molecule has 2 N–H and O–H groups in total. The van der Waals surface area contributed by atoms with Gasteiger partial charge < -0.3 is 15.0 Å². The highest BCUT2D eigenvalue weighted by molar-refractivity contribution is 5.75. The van der Waals surface area contributed by atoms with Crippen molar-refractivity contribution >= 4 is 5.91 Å². The van der Waals surface area contributed by atoms with Crippen LogP contribution in [0, 0.1) is 0 Å². The highest BCUT2D eigenvalue weighted by atomic mass is 16.5. The first-order valence-corrected chi connectivity index (χ1v) is 7.73. The van der Waals surface area contributed by atoms with E-state index in [1.165, 1.54) is 0 Å². The van der Waals surface area contributed by atoms with Gasteiger partial charge in [0, 0.05) is 32.6 Å². The molecule has 0 aliphatic carbocycles. The topological polar surface area (TPSA) is 67.0 Å². The van der Waals surface area contributed by atoms with Crippen LogP contribution in [0.2, 0.25) is 0 Å². The summed E-state index contributed by atoms with van der Waals surface area (Å²) in [6, 6.07) is 10.1. The lowest BCUT2D eigenvalue weighted by Crippen LogP contribution is -2.25. The first kappa shape index (κ1) is 16.2. The molecule has 0 fully saturated rings. The molecule has 1 amide bonds. The SMILES string of the molecule is CCOCCCC(=O)NCCc1ncc(-c2ccccc2)[nH]1. The number of H-pyrrole nitrogens is 1. The maximum absolute atomic E-state index is 11.6. The molecule has 118 valence electrons. The monoisotopic (exact) mass is 301 g/mol. The zero-order valence-corrected chi connectivity index (χ0v) is 13.0. The fourth-order valence-corrected chi connectivity index (χ4v) is 2.14. The van der Waals surface area contributed by atoms with Gasteiger partial charge in [-0.15, -0.1) is 0 Å². The molecule has 0 bridgehead atoms. The van der Waals surface area contributed by atoms with Crippen LogP contribution in [0.1, 0.15) is 25.6 Å². The normalized spacial score (nSPS) is 10.6. The first-order valence-electron chi connectivity index (χ1n) is 7.73. The summed E-state index contributed by atoms with van der Waals surface area (Å²) in [7, 11) is 0. The van der Waals surface area contributed by atoms with Crippen molar-refractivity contribution in [3.05, 3.63) is 42.4 Å². The Morgan fingerprint density at radius 3 is 2.91 bits per heavy atom. The van der Waals surface area contributed by atoms with E-state index in [0.717, 1.165) is 23.5 Å². The Kier molecular flexibility index (Phi) is 6.64. The number of amides is 1. The minimum absolute atomic E-state index is 0.0644. The molecule has 0 aliphatic heterocycles. The largest absolute Gasteiger partial charge is 0.382 e. The zero-order chi connectivity index (χ0) is 15.6. The Balaban J connectivity index is 1.69. The molecule has 0 spiro atoms. The minimum atomic E-state index is 0.0644. The van der Waals surface area contributed by atoms with E-state index in [2.05, 4.69) is 15.3 Å². The van der Waals surface area contributed by atoms with Gasteiger partial charge in [-0.2, -0.15) is 0 Å². The maximum Gasteiger partial charge on any atom is 0.220 e. The van der Waals surface area contributed by atoms with Gasteiger partial charge in [-0.3, -0.25) is 4.79 Å². The molecule has 1 aromatic heterocycles. The molecule has 1 heterocycles. The lowest BCUT2D eigenvalue weighted by molar-refractivity contribution is -0.121. The average Bonchev–Trinajstić information content (AvgIpc) is 3.01. The molecule has 2 aromatic rings. The summed E-state index contributed by atoms with van der Waals surface area (Å²) in [4.78, 5) is 19.3. The lowest BCUT2D eigenvalue weighted by Gasteiger charge is -2.04. The molecule has 0 unspecified atom stereocenters. The van der Waals surface area contributed by atoms with Gasteiger partial charge >= 0.3 is 0 Å². The maximum atomic E-state index is 11.6. The summed E-state index contributed by atoms with van der Waals surface area (Å²) >= 11 is 0. The van der Waals surface area contributed by atoms with Crippen molar-refractivity contribution in [3.8, 4) is 11.3 Å². The Hall–Kier alpha value is -2.14. The van der Waals surface area contributed by atoms with Crippen LogP contribution in [-0.2, 0) is 16.0 Å². The van der Waals surface area contributed by atoms with E-state index in [4.69, 9.17) is 4.74 Å². The van der Waals surface area contributed by atoms with Crippen LogP contribution < -0.4 is 5.32 Å². The number of ether oxygens (including phenoxy) is 1. The number of carbonyl (C=O) groups is 1. The van der Waals surface area contributed by atoms with Crippen LogP contribution in [0.25, 0.3) is 11.3 Å². The Labute approximate surface area is 131 Å². The number of imidazole rings is 1. The fraction of sp³-hybridized carbons (Fsp3) is 0.412. The van der Waals surface area contributed by atoms with Gasteiger partial charge in [0.2, 0.25) is 5.91 Å². The van der Waals surface area contributed by atoms with Gasteiger partial charge in [-0.1, -0.05) is 30.3 Å². The second-order valence-electron chi connectivity index (χ2n) is 5.01. The number of aromatic nitrogens is 2. The van der Waals surface area contributed by atoms with E-state index in [1.54, 1.807) is 0 Å². The van der Waals surface area contributed by atoms with Crippen LogP contribution in [0.15, 0.2) is 36.5 Å². The Morgan fingerprint density at radius 2 is 2.14 bits per heavy atom. The van der Waals surface area contributed by atoms with E-state index in [1.807, 2.05) is 43.5 Å². The second-order valence-corrected chi connectivity index (χ2v) is 5.01. The van der Waals surface area contributed by atoms with Gasteiger partial charge in [0.05, 0.1) is 11.9 Å². The van der Waals surface area contributed by atoms with E-state index in [9.17, 15) is 4.79 Å². The number of rotatable bonds is 9. The Morgan fingerprint density at radius 1 is 1.32 bits per heavy atom. The molecule has 0 radical (unpaired) electrons. The van der Waals surface area contributed by atoms with Crippen molar-refractivity contribution in [1.82, 2.24) is 15.3 Å². The van der Waals surface area contributed by atoms with Crippen molar-refractivity contribution in [1.29, 1.82) is 0 Å². The van der Waals surface area contributed by atoms with Crippen molar-refractivity contribution < 1.29 is 9.53 Å². The molecular formula is C17H23N3O2. The first-order chi connectivity index (χ1) is 10.8. The number of carbonyl (C=O) groups excluding carboxylic acids is 1. The zero-order valence-electron chi connectivity index (χ0n) is 13.0. The predicted octanol–water partition coefficient (Wildman–Crippen LogP) is 2.55. The third kappa shape index (κ3) is 5.33. The van der Waals surface area contributed by atoms with Gasteiger partial charge in [0.15, 0.2) is 0 Å². The third-order valence-corrected chi connectivity index (χ3v) is 3.29. The number of hydrogen-bond donors (Lipinski definition) is 2. The summed E-state index contributed by atoms with van der Waals surface area (Å²) in [5.74, 6) is 0.947. The second kappa shape index (κ2) is 9.00. The molecule has 2 rings (SSSR count). The van der Waals surface area contributed by atoms with Crippen LogP contribution in [0.3, 0.4) is 0 Å². The van der Waals surface area contributed by atoms with Crippen LogP contribution in [0.5, 0.6) is 0 Å². The molecular weight excluding hydrogens is 278 g/mol. The lowest BCUT2D eigenvalue weighted by atomic mass is 10.2. The summed E-state index contributed by atoms with van der Waals surface area (Å²) in [5, 5.41) is 2.90. The molecule has 5 nitrogen and oxygen atoms in total. The summed E-state index contributed by atoms with van der Waals surface area (Å²) < 4.78 is 5.21. The molecule has 0 saturated carbocycles. The summed E-state index contributed by atoms with van der Waals surface area (Å²) in [5.41, 5.74) is 2.11. The highest BCUT2D eigenvalue weighted by Gasteiger charge is 2.04. The number of aromatic amines is 1. The van der Waals surface area contributed by atoms with Gasteiger partial charge in [0.25, 0.3) is 0 Å². The van der Waals surface area contributed by atoms with E-state index in [-0.39, 0.29) is 5.91 Å². The summed E-state index contributed by atoms with van der Waals surface area (Å²) in [6.07, 6.45) is 3.80. The predicted molar refractivity (Wildman–Crippen MR) is 86.5 cm³/mol. The smallest absolute Gasteiger partial charge is 0.220 e. The Bertz CT molecular complexity index is 566. The van der Waals surface area contributed by atoms with Crippen LogP contribution in [-0.4, -0.2) is 35.6 Å². The van der Waals surface area contributed by atoms with Crippen molar-refractivity contribution in [2.24, 2.45) is 0 Å². The van der Waals surface area contributed by atoms with Crippen molar-refractivity contribution in [2.75, 3.05) is 19.8 Å².